The van der Waals surface area contributed by atoms with Crippen LogP contribution >= 0.6 is 11.3 Å². The van der Waals surface area contributed by atoms with Crippen molar-refractivity contribution in [3.05, 3.63) is 46.7 Å². The van der Waals surface area contributed by atoms with Crippen molar-refractivity contribution in [2.45, 2.75) is 26.3 Å². The summed E-state index contributed by atoms with van der Waals surface area (Å²) in [5.74, 6) is -0.0696. The van der Waals surface area contributed by atoms with Crippen molar-refractivity contribution in [1.29, 1.82) is 0 Å². The van der Waals surface area contributed by atoms with E-state index < -0.39 is 0 Å². The van der Waals surface area contributed by atoms with Crippen LogP contribution in [-0.4, -0.2) is 24.4 Å². The zero-order chi connectivity index (χ0) is 15.7. The normalized spacial score (nSPS) is 14.4. The number of carbonyl (C=O) groups is 2. The Morgan fingerprint density at radius 2 is 1.91 bits per heavy atom. The second-order valence-corrected chi connectivity index (χ2v) is 6.61. The van der Waals surface area contributed by atoms with Gasteiger partial charge in [0.2, 0.25) is 11.8 Å². The fourth-order valence-corrected chi connectivity index (χ4v) is 3.47. The van der Waals surface area contributed by atoms with Crippen LogP contribution in [0.1, 0.15) is 18.7 Å². The summed E-state index contributed by atoms with van der Waals surface area (Å²) in [6.07, 6.45) is 0.334. The summed E-state index contributed by atoms with van der Waals surface area (Å²) < 4.78 is 0. The van der Waals surface area contributed by atoms with Gasteiger partial charge in [0.15, 0.2) is 0 Å². The molecule has 0 radical (unpaired) electrons. The summed E-state index contributed by atoms with van der Waals surface area (Å²) in [5, 5.41) is 1.96. The molecule has 0 fully saturated rings. The fraction of sp³-hybridized carbons (Fsp3) is 0.294. The maximum atomic E-state index is 12.6. The van der Waals surface area contributed by atoms with Gasteiger partial charge in [0.1, 0.15) is 6.54 Å². The van der Waals surface area contributed by atoms with E-state index in [2.05, 4.69) is 0 Å². The molecular formula is C17H18N2O2S. The zero-order valence-corrected chi connectivity index (χ0v) is 13.5. The highest BCUT2D eigenvalue weighted by atomic mass is 32.1. The van der Waals surface area contributed by atoms with Crippen molar-refractivity contribution in [1.82, 2.24) is 0 Å². The Bertz CT molecular complexity index is 694. The van der Waals surface area contributed by atoms with Crippen LogP contribution in [0.3, 0.4) is 0 Å². The molecule has 2 amide bonds. The largest absolute Gasteiger partial charge is 0.306 e. The van der Waals surface area contributed by atoms with E-state index in [1.807, 2.05) is 55.6 Å². The monoisotopic (exact) mass is 314 g/mol. The molecule has 0 saturated carbocycles. The summed E-state index contributed by atoms with van der Waals surface area (Å²) in [7, 11) is 0. The molecule has 1 aliphatic rings. The number of thiophene rings is 1. The first kappa shape index (κ1) is 14.8. The van der Waals surface area contributed by atoms with Gasteiger partial charge < -0.3 is 9.80 Å². The van der Waals surface area contributed by atoms with Gasteiger partial charge in [-0.2, -0.15) is 0 Å². The van der Waals surface area contributed by atoms with Crippen LogP contribution in [0.15, 0.2) is 41.8 Å². The van der Waals surface area contributed by atoms with E-state index in [1.54, 1.807) is 21.1 Å². The number of hydrogen-bond acceptors (Lipinski definition) is 3. The fourth-order valence-electron chi connectivity index (χ4n) is 2.77. The van der Waals surface area contributed by atoms with Crippen LogP contribution in [0.5, 0.6) is 0 Å². The van der Waals surface area contributed by atoms with Gasteiger partial charge in [-0.05, 0) is 37.4 Å². The number of benzene rings is 1. The lowest BCUT2D eigenvalue weighted by Gasteiger charge is -2.38. The Morgan fingerprint density at radius 3 is 2.55 bits per heavy atom. The van der Waals surface area contributed by atoms with Gasteiger partial charge in [0.05, 0.1) is 17.8 Å². The second kappa shape index (κ2) is 5.93. The quantitative estimate of drug-likeness (QED) is 0.873. The first-order valence-electron chi connectivity index (χ1n) is 7.31. The van der Waals surface area contributed by atoms with Crippen molar-refractivity contribution in [3.63, 3.8) is 0 Å². The van der Waals surface area contributed by atoms with Crippen LogP contribution < -0.4 is 9.80 Å². The van der Waals surface area contributed by atoms with Crippen LogP contribution in [0.25, 0.3) is 0 Å². The molecular weight excluding hydrogens is 296 g/mol. The van der Waals surface area contributed by atoms with Crippen LogP contribution in [0.2, 0.25) is 0 Å². The lowest BCUT2D eigenvalue weighted by atomic mass is 10.1. The van der Waals surface area contributed by atoms with E-state index in [-0.39, 0.29) is 24.4 Å². The van der Waals surface area contributed by atoms with Gasteiger partial charge in [-0.15, -0.1) is 11.3 Å². The third-order valence-corrected chi connectivity index (χ3v) is 4.59. The van der Waals surface area contributed by atoms with E-state index in [0.717, 1.165) is 16.3 Å². The molecule has 5 heteroatoms. The van der Waals surface area contributed by atoms with E-state index in [9.17, 15) is 9.59 Å². The smallest absolute Gasteiger partial charge is 0.247 e. The van der Waals surface area contributed by atoms with Crippen LogP contribution in [0.4, 0.5) is 11.4 Å². The average molecular weight is 314 g/mol. The third-order valence-electron chi connectivity index (χ3n) is 3.72. The maximum absolute atomic E-state index is 12.6. The Balaban J connectivity index is 1.94. The maximum Gasteiger partial charge on any atom is 0.247 e. The molecule has 0 bridgehead atoms. The third kappa shape index (κ3) is 2.64. The van der Waals surface area contributed by atoms with Gasteiger partial charge >= 0.3 is 0 Å². The SMILES string of the molecule is CC(C)N1C(=O)CN(C(=O)Cc2cccs2)c2ccccc21. The predicted molar refractivity (Wildman–Crippen MR) is 89.4 cm³/mol. The molecule has 3 rings (SSSR count). The topological polar surface area (TPSA) is 40.6 Å². The van der Waals surface area contributed by atoms with Crippen molar-refractivity contribution in [2.75, 3.05) is 16.3 Å². The highest BCUT2D eigenvalue weighted by Crippen LogP contribution is 2.35. The molecule has 0 atom stereocenters. The molecule has 1 aromatic heterocycles. The minimum absolute atomic E-state index is 0.0340. The van der Waals surface area contributed by atoms with Crippen molar-refractivity contribution in [2.24, 2.45) is 0 Å². The first-order valence-corrected chi connectivity index (χ1v) is 8.19. The summed E-state index contributed by atoms with van der Waals surface area (Å²) in [5.41, 5.74) is 1.63. The van der Waals surface area contributed by atoms with Crippen molar-refractivity contribution >= 4 is 34.5 Å². The zero-order valence-electron chi connectivity index (χ0n) is 12.7. The van der Waals surface area contributed by atoms with E-state index in [0.29, 0.717) is 6.42 Å². The molecule has 0 unspecified atom stereocenters. The number of anilines is 2. The summed E-state index contributed by atoms with van der Waals surface area (Å²) in [4.78, 5) is 29.5. The molecule has 1 aromatic carbocycles. The Kier molecular flexibility index (Phi) is 3.98. The number of fused-ring (bicyclic) bond motifs is 1. The minimum atomic E-state index is -0.0355. The molecule has 0 saturated heterocycles. The Morgan fingerprint density at radius 1 is 1.18 bits per heavy atom. The summed E-state index contributed by atoms with van der Waals surface area (Å²) >= 11 is 1.56. The summed E-state index contributed by atoms with van der Waals surface area (Å²) in [6, 6.07) is 11.6. The molecule has 114 valence electrons. The number of carbonyl (C=O) groups excluding carboxylic acids is 2. The summed E-state index contributed by atoms with van der Waals surface area (Å²) in [6.45, 7) is 4.08. The van der Waals surface area contributed by atoms with Crippen molar-refractivity contribution in [3.8, 4) is 0 Å². The van der Waals surface area contributed by atoms with Gasteiger partial charge in [-0.25, -0.2) is 0 Å². The van der Waals surface area contributed by atoms with Crippen LogP contribution in [0, 0.1) is 0 Å². The second-order valence-electron chi connectivity index (χ2n) is 5.58. The van der Waals surface area contributed by atoms with E-state index >= 15 is 0 Å². The Hall–Kier alpha value is -2.14. The molecule has 4 nitrogen and oxygen atoms in total. The predicted octanol–water partition coefficient (Wildman–Crippen LogP) is 3.08. The lowest BCUT2D eigenvalue weighted by molar-refractivity contribution is -0.122. The number of nitrogens with zero attached hydrogens (tertiary/aromatic N) is 2. The number of para-hydroxylation sites is 2. The van der Waals surface area contributed by atoms with Crippen LogP contribution in [-0.2, 0) is 16.0 Å². The van der Waals surface area contributed by atoms with Gasteiger partial charge in [0.25, 0.3) is 0 Å². The molecule has 22 heavy (non-hydrogen) atoms. The first-order chi connectivity index (χ1) is 10.6. The standard InChI is InChI=1S/C17H18N2O2S/c1-12(2)19-15-8-4-3-7-14(15)18(11-17(19)21)16(20)10-13-6-5-9-22-13/h3-9,12H,10-11H2,1-2H3. The molecule has 2 heterocycles. The molecule has 1 aliphatic heterocycles. The molecule has 0 aliphatic carbocycles. The number of rotatable bonds is 3. The van der Waals surface area contributed by atoms with E-state index in [4.69, 9.17) is 0 Å². The highest BCUT2D eigenvalue weighted by Gasteiger charge is 2.33. The number of hydrogen-bond donors (Lipinski definition) is 0. The molecule has 2 aromatic rings. The van der Waals surface area contributed by atoms with Gasteiger partial charge in [-0.3, -0.25) is 9.59 Å². The molecule has 0 spiro atoms. The van der Waals surface area contributed by atoms with E-state index in [1.165, 1.54) is 0 Å². The minimum Gasteiger partial charge on any atom is -0.306 e. The average Bonchev–Trinajstić information content (AvgIpc) is 2.98. The highest BCUT2D eigenvalue weighted by molar-refractivity contribution is 7.10. The molecule has 0 N–H and O–H groups in total. The Labute approximate surface area is 134 Å². The van der Waals surface area contributed by atoms with Crippen molar-refractivity contribution < 1.29 is 9.59 Å². The van der Waals surface area contributed by atoms with Gasteiger partial charge in [-0.1, -0.05) is 18.2 Å². The lowest BCUT2D eigenvalue weighted by Crippen LogP contribution is -2.50. The number of amides is 2. The van der Waals surface area contributed by atoms with Gasteiger partial charge in [0, 0.05) is 10.9 Å².